The van der Waals surface area contributed by atoms with Crippen molar-refractivity contribution in [2.75, 3.05) is 30.9 Å². The van der Waals surface area contributed by atoms with E-state index in [9.17, 15) is 24.3 Å². The highest BCUT2D eigenvalue weighted by atomic mass is 32.2. The molecule has 36 heavy (non-hydrogen) atoms. The zero-order valence-corrected chi connectivity index (χ0v) is 20.3. The number of anilines is 2. The molecule has 6 N–H and O–H groups in total. The number of oxime groups is 1. The topological polar surface area (TPSA) is 200 Å². The SMILES string of the molecule is CON=C(C(=O)NC1C(=O)N2C(C(=O)O)=C(COC(=O)c3ccc(N)cc3)CS[C@@H]12)c1csc(N)n1. The summed E-state index contributed by atoms with van der Waals surface area (Å²) in [5, 5.41) is 17.1. The number of hydrogen-bond donors (Lipinski definition) is 4. The number of fused-ring (bicyclic) bond motifs is 1. The Balaban J connectivity index is 1.46. The first kappa shape index (κ1) is 25.0. The number of nitrogens with two attached hydrogens (primary N) is 2. The van der Waals surface area contributed by atoms with Crippen molar-refractivity contribution in [2.45, 2.75) is 11.4 Å². The standard InChI is InChI=1S/C21H20N6O7S2/c1-33-26-13(12-8-36-21(23)24-12)16(28)25-14-17(29)27-15(19(30)31)10(7-35-18(14)27)6-34-20(32)9-2-4-11(22)5-3-9/h2-5,8,14,18H,6-7,22H2,1H3,(H2,23,24)(H,25,28)(H,30,31)/t14?,18-/m0/s1. The van der Waals surface area contributed by atoms with Gasteiger partial charge in [0.15, 0.2) is 10.8 Å². The molecule has 2 atom stereocenters. The van der Waals surface area contributed by atoms with E-state index in [1.165, 1.54) is 36.4 Å². The van der Waals surface area contributed by atoms with E-state index in [2.05, 4.69) is 15.5 Å². The fourth-order valence-electron chi connectivity index (χ4n) is 3.55. The number of β-lactam (4-membered cyclic amide) rings is 1. The van der Waals surface area contributed by atoms with E-state index in [1.54, 1.807) is 12.1 Å². The Morgan fingerprint density at radius 1 is 1.28 bits per heavy atom. The molecule has 3 heterocycles. The fourth-order valence-corrected chi connectivity index (χ4v) is 5.43. The molecule has 15 heteroatoms. The van der Waals surface area contributed by atoms with Gasteiger partial charge in [0.05, 0.1) is 5.56 Å². The molecule has 0 bridgehead atoms. The number of hydrogen-bond acceptors (Lipinski definition) is 12. The Morgan fingerprint density at radius 3 is 2.61 bits per heavy atom. The lowest BCUT2D eigenvalue weighted by Gasteiger charge is -2.49. The Hall–Kier alpha value is -4.11. The number of carbonyl (C=O) groups excluding carboxylic acids is 3. The largest absolute Gasteiger partial charge is 0.477 e. The van der Waals surface area contributed by atoms with Gasteiger partial charge in [-0.3, -0.25) is 14.5 Å². The number of nitrogen functional groups attached to an aromatic ring is 2. The number of carboxylic acids is 1. The van der Waals surface area contributed by atoms with Crippen LogP contribution in [-0.4, -0.2) is 75.3 Å². The van der Waals surface area contributed by atoms with E-state index in [-0.39, 0.29) is 45.7 Å². The smallest absolute Gasteiger partial charge is 0.352 e. The van der Waals surface area contributed by atoms with Gasteiger partial charge in [-0.25, -0.2) is 14.6 Å². The van der Waals surface area contributed by atoms with Crippen molar-refractivity contribution >= 4 is 63.4 Å². The molecule has 0 saturated carbocycles. The van der Waals surface area contributed by atoms with Crippen LogP contribution in [0, 0.1) is 0 Å². The van der Waals surface area contributed by atoms with Crippen LogP contribution >= 0.6 is 23.1 Å². The predicted molar refractivity (Wildman–Crippen MR) is 131 cm³/mol. The van der Waals surface area contributed by atoms with Crippen molar-refractivity contribution in [3.63, 3.8) is 0 Å². The number of esters is 1. The Morgan fingerprint density at radius 2 is 2.00 bits per heavy atom. The summed E-state index contributed by atoms with van der Waals surface area (Å²) >= 11 is 2.33. The van der Waals surface area contributed by atoms with E-state index in [4.69, 9.17) is 21.0 Å². The molecule has 188 valence electrons. The zero-order valence-electron chi connectivity index (χ0n) is 18.7. The van der Waals surface area contributed by atoms with Gasteiger partial charge in [-0.1, -0.05) is 5.16 Å². The summed E-state index contributed by atoms with van der Waals surface area (Å²) < 4.78 is 5.26. The molecule has 1 aromatic carbocycles. The average Bonchev–Trinajstić information content (AvgIpc) is 3.29. The summed E-state index contributed by atoms with van der Waals surface area (Å²) in [5.74, 6) is -3.21. The lowest BCUT2D eigenvalue weighted by atomic mass is 10.0. The minimum Gasteiger partial charge on any atom is -0.477 e. The van der Waals surface area contributed by atoms with Gasteiger partial charge in [0.1, 0.15) is 36.5 Å². The van der Waals surface area contributed by atoms with Gasteiger partial charge >= 0.3 is 11.9 Å². The van der Waals surface area contributed by atoms with Crippen LogP contribution in [-0.2, 0) is 24.0 Å². The van der Waals surface area contributed by atoms with Crippen LogP contribution in [0.4, 0.5) is 10.8 Å². The quantitative estimate of drug-likeness (QED) is 0.119. The van der Waals surface area contributed by atoms with Gasteiger partial charge in [0.25, 0.3) is 11.8 Å². The molecule has 2 aliphatic rings. The van der Waals surface area contributed by atoms with E-state index in [1.807, 2.05) is 0 Å². The Kier molecular flexibility index (Phi) is 7.12. The van der Waals surface area contributed by atoms with E-state index < -0.39 is 35.2 Å². The minimum atomic E-state index is -1.35. The predicted octanol–water partition coefficient (Wildman–Crippen LogP) is 0.254. The number of aromatic nitrogens is 1. The lowest BCUT2D eigenvalue weighted by Crippen LogP contribution is -2.71. The molecule has 4 rings (SSSR count). The van der Waals surface area contributed by atoms with Crippen molar-refractivity contribution in [2.24, 2.45) is 5.16 Å². The van der Waals surface area contributed by atoms with Gasteiger partial charge in [0.2, 0.25) is 0 Å². The van der Waals surface area contributed by atoms with Gasteiger partial charge in [-0.15, -0.1) is 23.1 Å². The number of aliphatic carboxylic acids is 1. The van der Waals surface area contributed by atoms with Crippen molar-refractivity contribution in [1.29, 1.82) is 0 Å². The van der Waals surface area contributed by atoms with Crippen molar-refractivity contribution in [1.82, 2.24) is 15.2 Å². The van der Waals surface area contributed by atoms with Gasteiger partial charge in [-0.05, 0) is 24.3 Å². The average molecular weight is 533 g/mol. The monoisotopic (exact) mass is 532 g/mol. The molecule has 0 spiro atoms. The number of carboxylic acid groups (broad SMARTS) is 1. The highest BCUT2D eigenvalue weighted by molar-refractivity contribution is 8.00. The summed E-state index contributed by atoms with van der Waals surface area (Å²) in [4.78, 5) is 59.8. The normalized spacial score (nSPS) is 19.3. The van der Waals surface area contributed by atoms with Gasteiger partial charge in [0, 0.05) is 22.4 Å². The van der Waals surface area contributed by atoms with Crippen molar-refractivity contribution in [3.05, 3.63) is 52.2 Å². The van der Waals surface area contributed by atoms with E-state index in [0.29, 0.717) is 5.69 Å². The minimum absolute atomic E-state index is 0.166. The van der Waals surface area contributed by atoms with E-state index in [0.717, 1.165) is 16.2 Å². The molecule has 2 aliphatic heterocycles. The molecule has 1 saturated heterocycles. The molecule has 0 radical (unpaired) electrons. The number of nitrogens with zero attached hydrogens (tertiary/aromatic N) is 3. The lowest BCUT2D eigenvalue weighted by molar-refractivity contribution is -0.150. The number of amides is 2. The number of rotatable bonds is 8. The summed E-state index contributed by atoms with van der Waals surface area (Å²) in [5.41, 5.74) is 11.9. The second-order valence-electron chi connectivity index (χ2n) is 7.51. The van der Waals surface area contributed by atoms with Crippen LogP contribution in [0.3, 0.4) is 0 Å². The van der Waals surface area contributed by atoms with Crippen molar-refractivity contribution in [3.8, 4) is 0 Å². The second-order valence-corrected chi connectivity index (χ2v) is 9.50. The van der Waals surface area contributed by atoms with Crippen molar-refractivity contribution < 1.29 is 33.9 Å². The third kappa shape index (κ3) is 4.83. The number of ether oxygens (including phenoxy) is 1. The number of thioether (sulfide) groups is 1. The molecule has 1 aromatic heterocycles. The molecule has 1 fully saturated rings. The maximum atomic E-state index is 12.9. The molecule has 0 aliphatic carbocycles. The maximum Gasteiger partial charge on any atom is 0.352 e. The van der Waals surface area contributed by atoms with Crippen LogP contribution in [0.2, 0.25) is 0 Å². The first-order valence-electron chi connectivity index (χ1n) is 10.3. The Labute approximate surface area is 212 Å². The maximum absolute atomic E-state index is 12.9. The number of nitrogens with one attached hydrogen (secondary N) is 1. The summed E-state index contributed by atoms with van der Waals surface area (Å²) in [6.45, 7) is -0.318. The van der Waals surface area contributed by atoms with E-state index >= 15 is 0 Å². The van der Waals surface area contributed by atoms with Crippen LogP contribution < -0.4 is 16.8 Å². The first-order chi connectivity index (χ1) is 17.2. The van der Waals surface area contributed by atoms with Crippen LogP contribution in [0.5, 0.6) is 0 Å². The summed E-state index contributed by atoms with van der Waals surface area (Å²) in [7, 11) is 1.25. The molecule has 13 nitrogen and oxygen atoms in total. The number of thiazole rings is 1. The molecular weight excluding hydrogens is 512 g/mol. The van der Waals surface area contributed by atoms with Crippen LogP contribution in [0.15, 0.2) is 46.1 Å². The third-order valence-electron chi connectivity index (χ3n) is 5.22. The number of benzene rings is 1. The first-order valence-corrected chi connectivity index (χ1v) is 12.2. The highest BCUT2D eigenvalue weighted by Crippen LogP contribution is 2.40. The second kappa shape index (κ2) is 10.2. The highest BCUT2D eigenvalue weighted by Gasteiger charge is 2.54. The Bertz CT molecular complexity index is 1290. The zero-order chi connectivity index (χ0) is 26.0. The summed E-state index contributed by atoms with van der Waals surface area (Å²) in [6.07, 6.45) is 0. The third-order valence-corrected chi connectivity index (χ3v) is 7.24. The molecular formula is C21H20N6O7S2. The van der Waals surface area contributed by atoms with Crippen LogP contribution in [0.25, 0.3) is 0 Å². The number of carbonyl (C=O) groups is 4. The molecule has 1 unspecified atom stereocenters. The summed E-state index contributed by atoms with van der Waals surface area (Å²) in [6, 6.07) is 5.05. The molecule has 2 aromatic rings. The molecule has 2 amide bonds. The fraction of sp³-hybridized carbons (Fsp3) is 0.238. The van der Waals surface area contributed by atoms with Gasteiger partial charge < -0.3 is 31.5 Å². The van der Waals surface area contributed by atoms with Gasteiger partial charge in [-0.2, -0.15) is 0 Å². The van der Waals surface area contributed by atoms with Crippen LogP contribution in [0.1, 0.15) is 16.1 Å².